The number of carbonyl (C=O) groups is 1. The lowest BCUT2D eigenvalue weighted by molar-refractivity contribution is 0.173. The summed E-state index contributed by atoms with van der Waals surface area (Å²) in [6, 6.07) is 14.2. The topological polar surface area (TPSA) is 68.8 Å². The highest BCUT2D eigenvalue weighted by molar-refractivity contribution is 6.10. The molecule has 4 rings (SSSR count). The van der Waals surface area contributed by atoms with Crippen LogP contribution in [0.1, 0.15) is 39.2 Å². The molecule has 164 valence electrons. The van der Waals surface area contributed by atoms with Gasteiger partial charge in [0.2, 0.25) is 0 Å². The number of amidine groups is 1. The van der Waals surface area contributed by atoms with Crippen molar-refractivity contribution in [3.05, 3.63) is 59.9 Å². The second-order valence-electron chi connectivity index (χ2n) is 9.32. The van der Waals surface area contributed by atoms with Crippen LogP contribution < -0.4 is 16.0 Å². The smallest absolute Gasteiger partial charge is 0.317 e. The molecular formula is C24H30FN5O. The molecule has 2 amide bonds. The molecule has 0 radical (unpaired) electrons. The lowest BCUT2D eigenvalue weighted by Gasteiger charge is -2.47. The van der Waals surface area contributed by atoms with Gasteiger partial charge in [0.05, 0.1) is 23.5 Å². The van der Waals surface area contributed by atoms with E-state index in [2.05, 4.69) is 36.7 Å². The number of likely N-dealkylation sites (tertiary alicyclic amines) is 1. The number of carbonyl (C=O) groups excluding carboxylic acids is 1. The molecule has 1 saturated heterocycles. The third-order valence-corrected chi connectivity index (χ3v) is 5.57. The van der Waals surface area contributed by atoms with Gasteiger partial charge >= 0.3 is 6.03 Å². The summed E-state index contributed by atoms with van der Waals surface area (Å²) < 4.78 is 13.4. The first kappa shape index (κ1) is 21.2. The molecule has 0 aromatic heterocycles. The second-order valence-corrected chi connectivity index (χ2v) is 9.32. The van der Waals surface area contributed by atoms with Crippen molar-refractivity contribution in [2.24, 2.45) is 4.99 Å². The molecule has 2 aliphatic rings. The average molecular weight is 424 g/mol. The van der Waals surface area contributed by atoms with Crippen LogP contribution >= 0.6 is 0 Å². The first-order chi connectivity index (χ1) is 14.7. The van der Waals surface area contributed by atoms with Gasteiger partial charge in [-0.2, -0.15) is 0 Å². The fraction of sp³-hybridized carbons (Fsp3) is 0.417. The lowest BCUT2D eigenvalue weighted by Crippen LogP contribution is -2.63. The normalized spacial score (nSPS) is 21.9. The predicted octanol–water partition coefficient (Wildman–Crippen LogP) is 4.60. The highest BCUT2D eigenvalue weighted by Gasteiger charge is 2.45. The molecular weight excluding hydrogens is 393 g/mol. The van der Waals surface area contributed by atoms with Crippen LogP contribution in [0.15, 0.2) is 53.5 Å². The summed E-state index contributed by atoms with van der Waals surface area (Å²) in [5.74, 6) is 0.559. The lowest BCUT2D eigenvalue weighted by atomic mass is 9.85. The zero-order chi connectivity index (χ0) is 22.1. The Morgan fingerprint density at radius 3 is 2.71 bits per heavy atom. The van der Waals surface area contributed by atoms with E-state index in [4.69, 9.17) is 4.99 Å². The van der Waals surface area contributed by atoms with Gasteiger partial charge in [0.1, 0.15) is 17.2 Å². The van der Waals surface area contributed by atoms with Gasteiger partial charge in [-0.3, -0.25) is 4.99 Å². The summed E-state index contributed by atoms with van der Waals surface area (Å²) in [7, 11) is 0. The van der Waals surface area contributed by atoms with Gasteiger partial charge in [0, 0.05) is 13.1 Å². The molecule has 2 aliphatic heterocycles. The van der Waals surface area contributed by atoms with Crippen molar-refractivity contribution in [2.45, 2.75) is 51.2 Å². The number of amides is 2. The number of rotatable bonds is 2. The van der Waals surface area contributed by atoms with E-state index >= 15 is 0 Å². The molecule has 0 aliphatic carbocycles. The second kappa shape index (κ2) is 8.21. The van der Waals surface area contributed by atoms with Crippen LogP contribution in [0, 0.1) is 5.82 Å². The summed E-state index contributed by atoms with van der Waals surface area (Å²) in [5.41, 5.74) is 2.00. The van der Waals surface area contributed by atoms with Gasteiger partial charge in [-0.15, -0.1) is 0 Å². The number of anilines is 2. The van der Waals surface area contributed by atoms with Crippen LogP contribution in [0.4, 0.5) is 20.6 Å². The van der Waals surface area contributed by atoms with E-state index < -0.39 is 5.54 Å². The number of piperidine rings is 1. The van der Waals surface area contributed by atoms with Crippen molar-refractivity contribution < 1.29 is 9.18 Å². The average Bonchev–Trinajstić information content (AvgIpc) is 2.72. The molecule has 2 heterocycles. The molecule has 31 heavy (non-hydrogen) atoms. The van der Waals surface area contributed by atoms with Crippen molar-refractivity contribution >= 4 is 23.2 Å². The number of urea groups is 1. The Bertz CT molecular complexity index is 999. The maximum atomic E-state index is 13.4. The summed E-state index contributed by atoms with van der Waals surface area (Å²) >= 11 is 0. The number of benzene rings is 2. The minimum atomic E-state index is -0.476. The number of para-hydroxylation sites is 2. The Balaban J connectivity index is 1.55. The number of fused-ring (bicyclic) bond motifs is 1. The quantitative estimate of drug-likeness (QED) is 0.661. The highest BCUT2D eigenvalue weighted by Crippen LogP contribution is 2.37. The maximum Gasteiger partial charge on any atom is 0.317 e. The van der Waals surface area contributed by atoms with Crippen molar-refractivity contribution in [3.63, 3.8) is 0 Å². The largest absolute Gasteiger partial charge is 0.370 e. The van der Waals surface area contributed by atoms with E-state index in [9.17, 15) is 9.18 Å². The molecule has 1 atom stereocenters. The molecule has 0 bridgehead atoms. The highest BCUT2D eigenvalue weighted by atomic mass is 19.1. The Hall–Kier alpha value is -3.09. The number of hydrogen-bond acceptors (Lipinski definition) is 3. The Labute approximate surface area is 182 Å². The van der Waals surface area contributed by atoms with Gasteiger partial charge in [-0.1, -0.05) is 24.3 Å². The molecule has 2 aromatic rings. The Morgan fingerprint density at radius 1 is 1.19 bits per heavy atom. The van der Waals surface area contributed by atoms with E-state index in [-0.39, 0.29) is 23.9 Å². The molecule has 1 fully saturated rings. The van der Waals surface area contributed by atoms with Crippen LogP contribution in [0.3, 0.4) is 0 Å². The minimum Gasteiger partial charge on any atom is -0.370 e. The van der Waals surface area contributed by atoms with Crippen LogP contribution in [-0.4, -0.2) is 40.9 Å². The number of hydrogen-bond donors (Lipinski definition) is 3. The summed E-state index contributed by atoms with van der Waals surface area (Å²) in [6.45, 7) is 7.67. The SMILES string of the molecule is CC(C)(C)N=C1Nc2ccccc2N[C@@]12CCCN(C(=O)NCc1cccc(F)c1)C2. The van der Waals surface area contributed by atoms with Crippen molar-refractivity contribution in [2.75, 3.05) is 23.7 Å². The molecule has 6 nitrogen and oxygen atoms in total. The minimum absolute atomic E-state index is 0.154. The molecule has 0 saturated carbocycles. The molecule has 1 spiro atoms. The Morgan fingerprint density at radius 2 is 1.97 bits per heavy atom. The van der Waals surface area contributed by atoms with E-state index in [1.54, 1.807) is 12.1 Å². The molecule has 0 unspecified atom stereocenters. The van der Waals surface area contributed by atoms with Gasteiger partial charge in [0.25, 0.3) is 0 Å². The van der Waals surface area contributed by atoms with Crippen molar-refractivity contribution in [3.8, 4) is 0 Å². The van der Waals surface area contributed by atoms with Crippen LogP contribution in [-0.2, 0) is 6.54 Å². The van der Waals surface area contributed by atoms with E-state index in [1.165, 1.54) is 12.1 Å². The third kappa shape index (κ3) is 4.81. The number of aliphatic imine (C=N–C) groups is 1. The zero-order valence-corrected chi connectivity index (χ0v) is 18.3. The van der Waals surface area contributed by atoms with E-state index in [1.807, 2.05) is 29.2 Å². The first-order valence-corrected chi connectivity index (χ1v) is 10.8. The van der Waals surface area contributed by atoms with Gasteiger partial charge < -0.3 is 20.9 Å². The fourth-order valence-corrected chi connectivity index (χ4v) is 4.20. The third-order valence-electron chi connectivity index (χ3n) is 5.57. The van der Waals surface area contributed by atoms with Crippen molar-refractivity contribution in [1.29, 1.82) is 0 Å². The monoisotopic (exact) mass is 423 g/mol. The Kier molecular flexibility index (Phi) is 5.60. The van der Waals surface area contributed by atoms with Gasteiger partial charge in [-0.25, -0.2) is 9.18 Å². The molecule has 7 heteroatoms. The molecule has 3 N–H and O–H groups in total. The van der Waals surface area contributed by atoms with Crippen LogP contribution in [0.5, 0.6) is 0 Å². The molecule has 2 aromatic carbocycles. The van der Waals surface area contributed by atoms with Crippen LogP contribution in [0.25, 0.3) is 0 Å². The first-order valence-electron chi connectivity index (χ1n) is 10.8. The van der Waals surface area contributed by atoms with E-state index in [0.29, 0.717) is 13.1 Å². The number of halogens is 1. The maximum absolute atomic E-state index is 13.4. The summed E-state index contributed by atoms with van der Waals surface area (Å²) in [6.07, 6.45) is 1.73. The zero-order valence-electron chi connectivity index (χ0n) is 18.3. The van der Waals surface area contributed by atoms with E-state index in [0.717, 1.165) is 35.6 Å². The summed E-state index contributed by atoms with van der Waals surface area (Å²) in [4.78, 5) is 19.8. The fourth-order valence-electron chi connectivity index (χ4n) is 4.20. The number of nitrogens with one attached hydrogen (secondary N) is 3. The van der Waals surface area contributed by atoms with Crippen molar-refractivity contribution in [1.82, 2.24) is 10.2 Å². The number of nitrogens with zero attached hydrogens (tertiary/aromatic N) is 2. The summed E-state index contributed by atoms with van der Waals surface area (Å²) in [5, 5.41) is 10.1. The predicted molar refractivity (Wildman–Crippen MR) is 123 cm³/mol. The standard InChI is InChI=1S/C24H30FN5O/c1-23(2,3)29-21-24(28-20-11-5-4-10-19(20)27-21)12-7-13-30(16-24)22(31)26-15-17-8-6-9-18(25)14-17/h4-6,8-11,14,28H,7,12-13,15-16H2,1-3H3,(H,26,31)(H,27,29)/t24-/m1/s1. The van der Waals surface area contributed by atoms with Crippen LogP contribution in [0.2, 0.25) is 0 Å². The van der Waals surface area contributed by atoms with Gasteiger partial charge in [0.15, 0.2) is 0 Å². The van der Waals surface area contributed by atoms with Gasteiger partial charge in [-0.05, 0) is 63.4 Å².